The summed E-state index contributed by atoms with van der Waals surface area (Å²) in [5, 5.41) is 10.2. The minimum atomic E-state index is -0.0950. The highest BCUT2D eigenvalue weighted by atomic mass is 16.3. The predicted octanol–water partition coefficient (Wildman–Crippen LogP) is 3.86. The lowest BCUT2D eigenvalue weighted by molar-refractivity contribution is 0.0417. The third-order valence-electron chi connectivity index (χ3n) is 3.14. The van der Waals surface area contributed by atoms with E-state index in [1.165, 1.54) is 19.3 Å². The van der Waals surface area contributed by atoms with Gasteiger partial charge < -0.3 is 5.11 Å². The predicted molar refractivity (Wildman–Crippen MR) is 63.3 cm³/mol. The maximum Gasteiger partial charge on any atom is 0.0593 e. The van der Waals surface area contributed by atoms with Gasteiger partial charge in [-0.2, -0.15) is 0 Å². The smallest absolute Gasteiger partial charge is 0.0593 e. The lowest BCUT2D eigenvalue weighted by Gasteiger charge is -2.28. The molecule has 0 bridgehead atoms. The van der Waals surface area contributed by atoms with Crippen LogP contribution in [-0.4, -0.2) is 11.2 Å². The number of rotatable bonds is 7. The Kier molecular flexibility index (Phi) is 7.26. The van der Waals surface area contributed by atoms with Crippen LogP contribution in [-0.2, 0) is 0 Å². The van der Waals surface area contributed by atoms with Crippen LogP contribution >= 0.6 is 0 Å². The molecule has 0 aliphatic carbocycles. The fraction of sp³-hybridized carbons (Fsp3) is 1.00. The molecule has 0 aromatic heterocycles. The van der Waals surface area contributed by atoms with Crippen molar-refractivity contribution < 1.29 is 5.11 Å². The van der Waals surface area contributed by atoms with Crippen molar-refractivity contribution in [2.24, 2.45) is 17.8 Å². The number of hydrogen-bond acceptors (Lipinski definition) is 1. The number of aliphatic hydroxyl groups is 1. The van der Waals surface area contributed by atoms with E-state index < -0.39 is 0 Å². The minimum absolute atomic E-state index is 0.0950. The third-order valence-corrected chi connectivity index (χ3v) is 3.14. The van der Waals surface area contributed by atoms with Gasteiger partial charge in [0.15, 0.2) is 0 Å². The lowest BCUT2D eigenvalue weighted by Crippen LogP contribution is -2.28. The van der Waals surface area contributed by atoms with Crippen LogP contribution < -0.4 is 0 Å². The molecule has 1 N–H and O–H groups in total. The van der Waals surface area contributed by atoms with Crippen LogP contribution in [0.5, 0.6) is 0 Å². The van der Waals surface area contributed by atoms with Gasteiger partial charge in [0, 0.05) is 0 Å². The first-order chi connectivity index (χ1) is 6.52. The zero-order chi connectivity index (χ0) is 11.1. The van der Waals surface area contributed by atoms with Crippen LogP contribution in [0.15, 0.2) is 0 Å². The molecular weight excluding hydrogens is 172 g/mol. The van der Waals surface area contributed by atoms with Crippen LogP contribution in [0.3, 0.4) is 0 Å². The van der Waals surface area contributed by atoms with Gasteiger partial charge in [0.2, 0.25) is 0 Å². The average molecular weight is 200 g/mol. The summed E-state index contributed by atoms with van der Waals surface area (Å²) in [5.41, 5.74) is 0. The summed E-state index contributed by atoms with van der Waals surface area (Å²) in [6.07, 6.45) is 4.51. The van der Waals surface area contributed by atoms with E-state index in [1.54, 1.807) is 0 Å². The van der Waals surface area contributed by atoms with Crippen LogP contribution in [0.2, 0.25) is 0 Å². The van der Waals surface area contributed by atoms with E-state index in [4.69, 9.17) is 0 Å². The Morgan fingerprint density at radius 1 is 1.07 bits per heavy atom. The molecule has 86 valence electrons. The van der Waals surface area contributed by atoms with Gasteiger partial charge in [-0.15, -0.1) is 0 Å². The highest BCUT2D eigenvalue weighted by Gasteiger charge is 2.23. The van der Waals surface area contributed by atoms with Crippen LogP contribution in [0, 0.1) is 17.8 Å². The molecule has 14 heavy (non-hydrogen) atoms. The Balaban J connectivity index is 4.16. The van der Waals surface area contributed by atoms with Gasteiger partial charge >= 0.3 is 0 Å². The zero-order valence-electron chi connectivity index (χ0n) is 10.6. The molecule has 0 fully saturated rings. The number of aliphatic hydroxyl groups excluding tert-OH is 1. The van der Waals surface area contributed by atoms with Gasteiger partial charge in [0.1, 0.15) is 0 Å². The molecule has 1 nitrogen and oxygen atoms in total. The van der Waals surface area contributed by atoms with Crippen LogP contribution in [0.4, 0.5) is 0 Å². The quantitative estimate of drug-likeness (QED) is 0.661. The summed E-state index contributed by atoms with van der Waals surface area (Å²) < 4.78 is 0. The number of hydrogen-bond donors (Lipinski definition) is 1. The van der Waals surface area contributed by atoms with E-state index in [-0.39, 0.29) is 6.10 Å². The first-order valence-electron chi connectivity index (χ1n) is 6.20. The summed E-state index contributed by atoms with van der Waals surface area (Å²) in [6, 6.07) is 0. The zero-order valence-corrected chi connectivity index (χ0v) is 10.6. The molecule has 0 spiro atoms. The Hall–Kier alpha value is -0.0400. The van der Waals surface area contributed by atoms with Gasteiger partial charge in [-0.3, -0.25) is 0 Å². The summed E-state index contributed by atoms with van der Waals surface area (Å²) >= 11 is 0. The summed E-state index contributed by atoms with van der Waals surface area (Å²) in [6.45, 7) is 11.0. The van der Waals surface area contributed by atoms with Gasteiger partial charge in [-0.05, 0) is 30.6 Å². The van der Waals surface area contributed by atoms with Crippen LogP contribution in [0.25, 0.3) is 0 Å². The Morgan fingerprint density at radius 2 is 1.64 bits per heavy atom. The molecule has 0 aromatic rings. The van der Waals surface area contributed by atoms with Crippen molar-refractivity contribution >= 4 is 0 Å². The second kappa shape index (κ2) is 7.28. The van der Waals surface area contributed by atoms with E-state index in [0.29, 0.717) is 17.8 Å². The Bertz CT molecular complexity index is 131. The molecular formula is C13H28O. The highest BCUT2D eigenvalue weighted by molar-refractivity contribution is 4.74. The monoisotopic (exact) mass is 200 g/mol. The van der Waals surface area contributed by atoms with E-state index >= 15 is 0 Å². The molecule has 0 rings (SSSR count). The normalized spacial score (nSPS) is 18.2. The topological polar surface area (TPSA) is 20.2 Å². The summed E-state index contributed by atoms with van der Waals surface area (Å²) in [7, 11) is 0. The van der Waals surface area contributed by atoms with Gasteiger partial charge in [-0.25, -0.2) is 0 Å². The molecule has 0 amide bonds. The van der Waals surface area contributed by atoms with Gasteiger partial charge in [0.05, 0.1) is 6.10 Å². The second-order valence-corrected chi connectivity index (χ2v) is 5.05. The molecule has 0 aromatic carbocycles. The standard InChI is InChI=1S/C13H28O/c1-6-8-12(9-10(3)4)13(14)11(5)7-2/h10-14H,6-9H2,1-5H3. The maximum absolute atomic E-state index is 10.2. The molecule has 0 saturated carbocycles. The fourth-order valence-electron chi connectivity index (χ4n) is 2.11. The first kappa shape index (κ1) is 14.0. The van der Waals surface area contributed by atoms with Crippen molar-refractivity contribution in [1.29, 1.82) is 0 Å². The highest BCUT2D eigenvalue weighted by Crippen LogP contribution is 2.26. The van der Waals surface area contributed by atoms with Gasteiger partial charge in [-0.1, -0.05) is 47.5 Å². The average Bonchev–Trinajstić information content (AvgIpc) is 2.14. The molecule has 3 unspecified atom stereocenters. The van der Waals surface area contributed by atoms with Crippen LogP contribution in [0.1, 0.15) is 60.3 Å². The van der Waals surface area contributed by atoms with E-state index in [0.717, 1.165) is 6.42 Å². The van der Waals surface area contributed by atoms with Crippen molar-refractivity contribution in [2.45, 2.75) is 66.4 Å². The van der Waals surface area contributed by atoms with Crippen molar-refractivity contribution in [3.63, 3.8) is 0 Å². The van der Waals surface area contributed by atoms with Crippen molar-refractivity contribution in [2.75, 3.05) is 0 Å². The summed E-state index contributed by atoms with van der Waals surface area (Å²) in [5.74, 6) is 1.66. The van der Waals surface area contributed by atoms with E-state index in [1.807, 2.05) is 0 Å². The van der Waals surface area contributed by atoms with E-state index in [9.17, 15) is 5.11 Å². The minimum Gasteiger partial charge on any atom is -0.393 e. The molecule has 0 aliphatic rings. The summed E-state index contributed by atoms with van der Waals surface area (Å²) in [4.78, 5) is 0. The molecule has 0 aliphatic heterocycles. The fourth-order valence-corrected chi connectivity index (χ4v) is 2.11. The maximum atomic E-state index is 10.2. The molecule has 0 radical (unpaired) electrons. The molecule has 1 heteroatoms. The Morgan fingerprint density at radius 3 is 2.00 bits per heavy atom. The van der Waals surface area contributed by atoms with Gasteiger partial charge in [0.25, 0.3) is 0 Å². The van der Waals surface area contributed by atoms with Crippen molar-refractivity contribution in [1.82, 2.24) is 0 Å². The molecule has 0 heterocycles. The SMILES string of the molecule is CCCC(CC(C)C)C(O)C(C)CC. The van der Waals surface area contributed by atoms with Crippen molar-refractivity contribution in [3.05, 3.63) is 0 Å². The van der Waals surface area contributed by atoms with Crippen molar-refractivity contribution in [3.8, 4) is 0 Å². The second-order valence-electron chi connectivity index (χ2n) is 5.05. The molecule has 3 atom stereocenters. The lowest BCUT2D eigenvalue weighted by atomic mass is 9.82. The van der Waals surface area contributed by atoms with E-state index in [2.05, 4.69) is 34.6 Å². The third kappa shape index (κ3) is 4.99. The molecule has 0 saturated heterocycles. The Labute approximate surface area is 89.9 Å². The first-order valence-corrected chi connectivity index (χ1v) is 6.20. The largest absolute Gasteiger partial charge is 0.393 e.